The number of amides is 2. The van der Waals surface area contributed by atoms with Crippen molar-refractivity contribution in [3.05, 3.63) is 29.3 Å². The molecule has 3 aliphatic rings. The molecule has 2 saturated heterocycles. The van der Waals surface area contributed by atoms with Crippen molar-refractivity contribution in [2.75, 3.05) is 51.2 Å². The molecule has 7 heteroatoms. The molecule has 2 fully saturated rings. The summed E-state index contributed by atoms with van der Waals surface area (Å²) >= 11 is 0. The third-order valence-corrected chi connectivity index (χ3v) is 6.82. The number of benzene rings is 1. The number of nitrogens with one attached hydrogen (secondary N) is 1. The van der Waals surface area contributed by atoms with E-state index >= 15 is 0 Å². The molecule has 0 aliphatic carbocycles. The average molecular weight is 401 g/mol. The fourth-order valence-corrected chi connectivity index (χ4v) is 4.99. The van der Waals surface area contributed by atoms with Gasteiger partial charge in [0, 0.05) is 31.9 Å². The standard InChI is InChI=1S/C22H32N4O3/c1-24-9-4-16-2-3-19(14-18(16)5-10-24)26-20(15-23-22(26)29)17-6-11-25(12-7-17)13-8-21(27)28/h2-3,14,17,20H,4-13,15H2,1H3,(H,23,29)(H,27,28). The zero-order valence-electron chi connectivity index (χ0n) is 17.3. The number of hydrogen-bond donors (Lipinski definition) is 2. The van der Waals surface area contributed by atoms with E-state index in [1.165, 1.54) is 11.1 Å². The first-order chi connectivity index (χ1) is 14.0. The predicted octanol–water partition coefficient (Wildman–Crippen LogP) is 1.80. The summed E-state index contributed by atoms with van der Waals surface area (Å²) in [6.45, 7) is 5.27. The van der Waals surface area contributed by atoms with E-state index in [-0.39, 0.29) is 18.5 Å². The van der Waals surface area contributed by atoms with Gasteiger partial charge in [0.1, 0.15) is 0 Å². The van der Waals surface area contributed by atoms with E-state index in [4.69, 9.17) is 5.11 Å². The number of aliphatic carboxylic acids is 1. The second-order valence-corrected chi connectivity index (χ2v) is 8.70. The third-order valence-electron chi connectivity index (χ3n) is 6.82. The molecular weight excluding hydrogens is 368 g/mol. The fourth-order valence-electron chi connectivity index (χ4n) is 4.99. The van der Waals surface area contributed by atoms with Crippen molar-refractivity contribution in [2.45, 2.75) is 38.1 Å². The summed E-state index contributed by atoms with van der Waals surface area (Å²) in [6.07, 6.45) is 4.31. The highest BCUT2D eigenvalue weighted by Crippen LogP contribution is 2.32. The number of nitrogens with zero attached hydrogens (tertiary/aromatic N) is 3. The third kappa shape index (κ3) is 4.56. The Bertz CT molecular complexity index is 760. The molecule has 4 rings (SSSR count). The van der Waals surface area contributed by atoms with Crippen LogP contribution in [0.4, 0.5) is 10.5 Å². The van der Waals surface area contributed by atoms with Gasteiger partial charge in [-0.2, -0.15) is 0 Å². The van der Waals surface area contributed by atoms with Gasteiger partial charge in [0.15, 0.2) is 0 Å². The normalized spacial score (nSPS) is 24.2. The van der Waals surface area contributed by atoms with E-state index in [9.17, 15) is 9.59 Å². The molecule has 3 heterocycles. The van der Waals surface area contributed by atoms with Gasteiger partial charge < -0.3 is 20.2 Å². The SMILES string of the molecule is CN1CCc2ccc(N3C(=O)NCC3C3CCN(CCC(=O)O)CC3)cc2CC1. The summed E-state index contributed by atoms with van der Waals surface area (Å²) in [5.41, 5.74) is 3.79. The van der Waals surface area contributed by atoms with Crippen molar-refractivity contribution in [3.8, 4) is 0 Å². The molecule has 2 amide bonds. The molecule has 7 nitrogen and oxygen atoms in total. The lowest BCUT2D eigenvalue weighted by Gasteiger charge is -2.37. The smallest absolute Gasteiger partial charge is 0.322 e. The molecule has 0 bridgehead atoms. The number of anilines is 1. The maximum absolute atomic E-state index is 12.7. The van der Waals surface area contributed by atoms with E-state index in [0.717, 1.165) is 57.5 Å². The summed E-state index contributed by atoms with van der Waals surface area (Å²) in [5.74, 6) is -0.293. The van der Waals surface area contributed by atoms with Crippen LogP contribution in [0, 0.1) is 5.92 Å². The van der Waals surface area contributed by atoms with Gasteiger partial charge in [-0.3, -0.25) is 9.69 Å². The number of likely N-dealkylation sites (N-methyl/N-ethyl adjacent to an activating group) is 1. The maximum Gasteiger partial charge on any atom is 0.322 e. The van der Waals surface area contributed by atoms with Crippen LogP contribution in [0.1, 0.15) is 30.4 Å². The Morgan fingerprint density at radius 2 is 1.86 bits per heavy atom. The minimum Gasteiger partial charge on any atom is -0.481 e. The van der Waals surface area contributed by atoms with E-state index in [2.05, 4.69) is 40.4 Å². The monoisotopic (exact) mass is 400 g/mol. The van der Waals surface area contributed by atoms with Gasteiger partial charge in [-0.25, -0.2) is 4.79 Å². The van der Waals surface area contributed by atoms with Crippen molar-refractivity contribution in [3.63, 3.8) is 0 Å². The Morgan fingerprint density at radius 3 is 2.59 bits per heavy atom. The molecule has 1 aromatic rings. The highest BCUT2D eigenvalue weighted by molar-refractivity contribution is 5.95. The number of hydrogen-bond acceptors (Lipinski definition) is 4. The van der Waals surface area contributed by atoms with Crippen molar-refractivity contribution in [1.82, 2.24) is 15.1 Å². The van der Waals surface area contributed by atoms with Crippen LogP contribution in [0.3, 0.4) is 0 Å². The molecule has 0 radical (unpaired) electrons. The molecule has 2 N–H and O–H groups in total. The molecule has 0 aromatic heterocycles. The summed E-state index contributed by atoms with van der Waals surface area (Å²) in [7, 11) is 2.17. The lowest BCUT2D eigenvalue weighted by atomic mass is 9.88. The number of carboxylic acids is 1. The van der Waals surface area contributed by atoms with Crippen LogP contribution in [0.2, 0.25) is 0 Å². The van der Waals surface area contributed by atoms with Gasteiger partial charge in [0.25, 0.3) is 0 Å². The van der Waals surface area contributed by atoms with Crippen LogP contribution in [0.25, 0.3) is 0 Å². The molecule has 0 spiro atoms. The summed E-state index contributed by atoms with van der Waals surface area (Å²) in [6, 6.07) is 6.74. The van der Waals surface area contributed by atoms with Crippen molar-refractivity contribution >= 4 is 17.7 Å². The molecule has 1 aromatic carbocycles. The van der Waals surface area contributed by atoms with Crippen molar-refractivity contribution in [1.29, 1.82) is 0 Å². The first-order valence-corrected chi connectivity index (χ1v) is 10.8. The van der Waals surface area contributed by atoms with Crippen LogP contribution in [-0.2, 0) is 17.6 Å². The minimum atomic E-state index is -0.738. The van der Waals surface area contributed by atoms with E-state index in [0.29, 0.717) is 19.0 Å². The summed E-state index contributed by atoms with van der Waals surface area (Å²) in [5, 5.41) is 11.9. The van der Waals surface area contributed by atoms with Gasteiger partial charge >= 0.3 is 12.0 Å². The second-order valence-electron chi connectivity index (χ2n) is 8.70. The number of fused-ring (bicyclic) bond motifs is 1. The van der Waals surface area contributed by atoms with Crippen LogP contribution < -0.4 is 10.2 Å². The van der Waals surface area contributed by atoms with Gasteiger partial charge in [0.2, 0.25) is 0 Å². The number of likely N-dealkylation sites (tertiary alicyclic amines) is 1. The van der Waals surface area contributed by atoms with E-state index in [1.54, 1.807) is 0 Å². The van der Waals surface area contributed by atoms with Gasteiger partial charge in [0.05, 0.1) is 12.5 Å². The van der Waals surface area contributed by atoms with Crippen LogP contribution >= 0.6 is 0 Å². The van der Waals surface area contributed by atoms with E-state index < -0.39 is 5.97 Å². The predicted molar refractivity (Wildman–Crippen MR) is 112 cm³/mol. The number of carbonyl (C=O) groups excluding carboxylic acids is 1. The number of carboxylic acid groups (broad SMARTS) is 1. The Kier molecular flexibility index (Phi) is 6.06. The molecule has 3 aliphatic heterocycles. The molecule has 158 valence electrons. The Balaban J connectivity index is 1.45. The van der Waals surface area contributed by atoms with Crippen LogP contribution in [0.5, 0.6) is 0 Å². The summed E-state index contributed by atoms with van der Waals surface area (Å²) < 4.78 is 0. The topological polar surface area (TPSA) is 76.1 Å². The van der Waals surface area contributed by atoms with E-state index in [1.807, 2.05) is 4.90 Å². The Hall–Kier alpha value is -2.12. The second kappa shape index (κ2) is 8.71. The number of rotatable bonds is 5. The van der Waals surface area contributed by atoms with Gasteiger partial charge in [-0.15, -0.1) is 0 Å². The molecule has 1 atom stereocenters. The lowest BCUT2D eigenvalue weighted by Crippen LogP contribution is -2.45. The number of piperidine rings is 1. The number of carbonyl (C=O) groups is 2. The molecular formula is C22H32N4O3. The zero-order chi connectivity index (χ0) is 20.4. The minimum absolute atomic E-state index is 0.00833. The zero-order valence-corrected chi connectivity index (χ0v) is 17.3. The first-order valence-electron chi connectivity index (χ1n) is 10.8. The van der Waals surface area contributed by atoms with Crippen LogP contribution in [-0.4, -0.2) is 79.3 Å². The summed E-state index contributed by atoms with van der Waals surface area (Å²) in [4.78, 5) is 30.1. The Labute approximate surface area is 172 Å². The lowest BCUT2D eigenvalue weighted by molar-refractivity contribution is -0.137. The van der Waals surface area contributed by atoms with Crippen LogP contribution in [0.15, 0.2) is 18.2 Å². The first kappa shape index (κ1) is 20.2. The highest BCUT2D eigenvalue weighted by Gasteiger charge is 2.38. The largest absolute Gasteiger partial charge is 0.481 e. The average Bonchev–Trinajstić information content (AvgIpc) is 3.00. The number of urea groups is 1. The van der Waals surface area contributed by atoms with Crippen molar-refractivity contribution in [2.24, 2.45) is 5.92 Å². The Morgan fingerprint density at radius 1 is 1.14 bits per heavy atom. The fraction of sp³-hybridized carbons (Fsp3) is 0.636. The highest BCUT2D eigenvalue weighted by atomic mass is 16.4. The van der Waals surface area contributed by atoms with Crippen molar-refractivity contribution < 1.29 is 14.7 Å². The van der Waals surface area contributed by atoms with Gasteiger partial charge in [-0.05, 0) is 75.0 Å². The molecule has 29 heavy (non-hydrogen) atoms. The quantitative estimate of drug-likeness (QED) is 0.788. The molecule has 0 saturated carbocycles. The molecule has 1 unspecified atom stereocenters. The van der Waals surface area contributed by atoms with Gasteiger partial charge in [-0.1, -0.05) is 6.07 Å². The maximum atomic E-state index is 12.7.